The van der Waals surface area contributed by atoms with Crippen molar-refractivity contribution in [3.05, 3.63) is 75.9 Å². The first kappa shape index (κ1) is 12.0. The van der Waals surface area contributed by atoms with Crippen LogP contribution in [0, 0.1) is 12.8 Å². The summed E-state index contributed by atoms with van der Waals surface area (Å²) in [6.45, 7) is 4.55. The average Bonchev–Trinajstić information content (AvgIpc) is 3.03. The average molecular weight is 260 g/mol. The van der Waals surface area contributed by atoms with Crippen LogP contribution in [0.5, 0.6) is 0 Å². The predicted octanol–water partition coefficient (Wildman–Crippen LogP) is 5.38. The molecule has 1 aromatic carbocycles. The van der Waals surface area contributed by atoms with Gasteiger partial charge >= 0.3 is 0 Å². The highest BCUT2D eigenvalue weighted by Gasteiger charge is 2.31. The molecule has 0 radical (unpaired) electrons. The van der Waals surface area contributed by atoms with E-state index in [-0.39, 0.29) is 0 Å². The molecule has 0 spiro atoms. The second kappa shape index (κ2) is 4.34. The molecule has 0 saturated carbocycles. The molecule has 0 fully saturated rings. The van der Waals surface area contributed by atoms with E-state index in [1.165, 1.54) is 40.7 Å². The van der Waals surface area contributed by atoms with Gasteiger partial charge in [0.2, 0.25) is 0 Å². The fourth-order valence-corrected chi connectivity index (χ4v) is 3.90. The Labute approximate surface area is 121 Å². The molecule has 0 heteroatoms. The number of aryl methyl sites for hydroxylation is 1. The van der Waals surface area contributed by atoms with E-state index in [9.17, 15) is 0 Å². The van der Waals surface area contributed by atoms with Gasteiger partial charge in [-0.05, 0) is 60.1 Å². The minimum absolute atomic E-state index is 0.579. The molecule has 1 aromatic rings. The molecule has 100 valence electrons. The van der Waals surface area contributed by atoms with Crippen LogP contribution in [-0.2, 0) is 0 Å². The highest BCUT2D eigenvalue weighted by molar-refractivity contribution is 5.81. The van der Waals surface area contributed by atoms with Crippen LogP contribution in [0.15, 0.2) is 64.8 Å². The van der Waals surface area contributed by atoms with Gasteiger partial charge in [-0.3, -0.25) is 0 Å². The summed E-state index contributed by atoms with van der Waals surface area (Å²) in [5.41, 5.74) is 10.6. The second-order valence-electron chi connectivity index (χ2n) is 6.21. The van der Waals surface area contributed by atoms with Gasteiger partial charge < -0.3 is 0 Å². The Morgan fingerprint density at radius 2 is 2.00 bits per heavy atom. The van der Waals surface area contributed by atoms with Gasteiger partial charge in [0, 0.05) is 5.92 Å². The molecule has 0 saturated heterocycles. The lowest BCUT2D eigenvalue weighted by Gasteiger charge is -2.22. The monoisotopic (exact) mass is 260 g/mol. The minimum Gasteiger partial charge on any atom is -0.0769 e. The number of fused-ring (bicyclic) bond motifs is 2. The molecule has 0 N–H and O–H groups in total. The minimum atomic E-state index is 0.579. The first-order chi connectivity index (χ1) is 9.74. The molecule has 0 amide bonds. The van der Waals surface area contributed by atoms with Crippen molar-refractivity contribution in [3.8, 4) is 0 Å². The molecule has 0 aromatic heterocycles. The lowest BCUT2D eigenvalue weighted by Crippen LogP contribution is -2.05. The van der Waals surface area contributed by atoms with E-state index in [1.807, 2.05) is 0 Å². The summed E-state index contributed by atoms with van der Waals surface area (Å²) >= 11 is 0. The summed E-state index contributed by atoms with van der Waals surface area (Å²) in [5.74, 6) is 0.579. The third-order valence-corrected chi connectivity index (χ3v) is 4.97. The van der Waals surface area contributed by atoms with Crippen molar-refractivity contribution in [1.82, 2.24) is 0 Å². The van der Waals surface area contributed by atoms with Crippen molar-refractivity contribution in [2.75, 3.05) is 0 Å². The summed E-state index contributed by atoms with van der Waals surface area (Å²) < 4.78 is 0. The smallest absolute Gasteiger partial charge is 0.00353 e. The van der Waals surface area contributed by atoms with Gasteiger partial charge in [0.1, 0.15) is 0 Å². The van der Waals surface area contributed by atoms with E-state index in [2.05, 4.69) is 56.3 Å². The van der Waals surface area contributed by atoms with Gasteiger partial charge in [0.05, 0.1) is 0 Å². The molecule has 3 aliphatic rings. The number of hydrogen-bond donors (Lipinski definition) is 0. The van der Waals surface area contributed by atoms with E-state index in [0.29, 0.717) is 5.92 Å². The third-order valence-electron chi connectivity index (χ3n) is 4.97. The summed E-state index contributed by atoms with van der Waals surface area (Å²) in [7, 11) is 0. The SMILES string of the molecule is Cc1cccc(C2=CC3=C(CCC4=CCC=C43)C2C)c1. The van der Waals surface area contributed by atoms with Crippen LogP contribution < -0.4 is 0 Å². The standard InChI is InChI=1S/C20H20/c1-13-5-3-7-16(11-13)19-12-20-17(14(19)2)10-9-15-6-4-8-18(15)20/h3,5-8,11-12,14H,4,9-10H2,1-2H3. The molecule has 3 aliphatic carbocycles. The normalized spacial score (nSPS) is 24.1. The van der Waals surface area contributed by atoms with Crippen LogP contribution in [0.1, 0.15) is 37.3 Å². The Morgan fingerprint density at radius 3 is 2.85 bits per heavy atom. The molecule has 0 aliphatic heterocycles. The third kappa shape index (κ3) is 1.67. The van der Waals surface area contributed by atoms with Crippen LogP contribution in [0.2, 0.25) is 0 Å². The van der Waals surface area contributed by atoms with E-state index in [1.54, 1.807) is 11.1 Å². The van der Waals surface area contributed by atoms with Gasteiger partial charge in [0.25, 0.3) is 0 Å². The number of benzene rings is 1. The number of hydrogen-bond acceptors (Lipinski definition) is 0. The summed E-state index contributed by atoms with van der Waals surface area (Å²) in [6, 6.07) is 8.93. The Balaban J connectivity index is 1.79. The Bertz CT molecular complexity index is 707. The highest BCUT2D eigenvalue weighted by atomic mass is 14.4. The lowest BCUT2D eigenvalue weighted by atomic mass is 9.83. The fraction of sp³-hybridized carbons (Fsp3) is 0.300. The molecule has 1 atom stereocenters. The van der Waals surface area contributed by atoms with Gasteiger partial charge in [-0.25, -0.2) is 0 Å². The predicted molar refractivity (Wildman–Crippen MR) is 85.4 cm³/mol. The lowest BCUT2D eigenvalue weighted by molar-refractivity contribution is 0.777. The largest absolute Gasteiger partial charge is 0.0769 e. The molecule has 4 rings (SSSR count). The quantitative estimate of drug-likeness (QED) is 0.636. The topological polar surface area (TPSA) is 0 Å². The molecule has 1 unspecified atom stereocenters. The van der Waals surface area contributed by atoms with Crippen LogP contribution in [0.4, 0.5) is 0 Å². The molecular formula is C20H20. The van der Waals surface area contributed by atoms with Crippen molar-refractivity contribution in [2.24, 2.45) is 5.92 Å². The zero-order chi connectivity index (χ0) is 13.7. The van der Waals surface area contributed by atoms with E-state index >= 15 is 0 Å². The van der Waals surface area contributed by atoms with Gasteiger partial charge in [-0.2, -0.15) is 0 Å². The summed E-state index contributed by atoms with van der Waals surface area (Å²) in [4.78, 5) is 0. The van der Waals surface area contributed by atoms with Crippen LogP contribution in [0.3, 0.4) is 0 Å². The second-order valence-corrected chi connectivity index (χ2v) is 6.21. The van der Waals surface area contributed by atoms with Crippen molar-refractivity contribution < 1.29 is 0 Å². The van der Waals surface area contributed by atoms with Crippen LogP contribution in [-0.4, -0.2) is 0 Å². The fourth-order valence-electron chi connectivity index (χ4n) is 3.90. The van der Waals surface area contributed by atoms with E-state index in [4.69, 9.17) is 0 Å². The van der Waals surface area contributed by atoms with E-state index in [0.717, 1.165) is 6.42 Å². The van der Waals surface area contributed by atoms with Crippen LogP contribution in [0.25, 0.3) is 5.57 Å². The molecule has 0 bridgehead atoms. The van der Waals surface area contributed by atoms with Gasteiger partial charge in [-0.1, -0.05) is 54.5 Å². The molecule has 20 heavy (non-hydrogen) atoms. The number of allylic oxidation sites excluding steroid dienone is 8. The highest BCUT2D eigenvalue weighted by Crippen LogP contribution is 2.49. The van der Waals surface area contributed by atoms with Crippen molar-refractivity contribution >= 4 is 5.57 Å². The molecular weight excluding hydrogens is 240 g/mol. The van der Waals surface area contributed by atoms with Crippen molar-refractivity contribution in [3.63, 3.8) is 0 Å². The zero-order valence-corrected chi connectivity index (χ0v) is 12.2. The first-order valence-electron chi connectivity index (χ1n) is 7.65. The van der Waals surface area contributed by atoms with Crippen LogP contribution >= 0.6 is 0 Å². The zero-order valence-electron chi connectivity index (χ0n) is 12.2. The Morgan fingerprint density at radius 1 is 1.10 bits per heavy atom. The Hall–Kier alpha value is -1.82. The number of rotatable bonds is 1. The Kier molecular flexibility index (Phi) is 2.60. The van der Waals surface area contributed by atoms with Crippen molar-refractivity contribution in [1.29, 1.82) is 0 Å². The van der Waals surface area contributed by atoms with Crippen molar-refractivity contribution in [2.45, 2.75) is 33.1 Å². The maximum absolute atomic E-state index is 2.46. The maximum Gasteiger partial charge on any atom is 0.00353 e. The maximum atomic E-state index is 2.46. The molecule has 0 nitrogen and oxygen atoms in total. The summed E-state index contributed by atoms with van der Waals surface area (Å²) in [5, 5.41) is 0. The van der Waals surface area contributed by atoms with Gasteiger partial charge in [-0.15, -0.1) is 0 Å². The molecule has 0 heterocycles. The van der Waals surface area contributed by atoms with E-state index < -0.39 is 0 Å². The first-order valence-corrected chi connectivity index (χ1v) is 7.65. The van der Waals surface area contributed by atoms with Gasteiger partial charge in [0.15, 0.2) is 0 Å². The summed E-state index contributed by atoms with van der Waals surface area (Å²) in [6.07, 6.45) is 10.9.